The summed E-state index contributed by atoms with van der Waals surface area (Å²) in [5, 5.41) is 8.16. The monoisotopic (exact) mass is 172 g/mol. The van der Waals surface area contributed by atoms with E-state index in [0.717, 1.165) is 12.2 Å². The lowest BCUT2D eigenvalue weighted by molar-refractivity contribution is -0.142. The Morgan fingerprint density at radius 3 is 2.50 bits per heavy atom. The zero-order valence-corrected chi connectivity index (χ0v) is 7.11. The van der Waals surface area contributed by atoms with Crippen molar-refractivity contribution in [1.82, 2.24) is 0 Å². The summed E-state index contributed by atoms with van der Waals surface area (Å²) in [5.41, 5.74) is 0. The fourth-order valence-corrected chi connectivity index (χ4v) is 0.460. The van der Waals surface area contributed by atoms with Gasteiger partial charge in [0.05, 0.1) is 6.10 Å². The van der Waals surface area contributed by atoms with Gasteiger partial charge in [-0.05, 0) is 13.3 Å². The van der Waals surface area contributed by atoms with E-state index in [9.17, 15) is 9.59 Å². The van der Waals surface area contributed by atoms with Crippen LogP contribution in [0, 0.1) is 0 Å². The minimum atomic E-state index is -1.16. The van der Waals surface area contributed by atoms with Crippen LogP contribution in [0.3, 0.4) is 0 Å². The molecule has 0 amide bonds. The van der Waals surface area contributed by atoms with Crippen LogP contribution in [0.2, 0.25) is 0 Å². The van der Waals surface area contributed by atoms with Crippen molar-refractivity contribution in [3.8, 4) is 0 Å². The topological polar surface area (TPSA) is 63.6 Å². The van der Waals surface area contributed by atoms with Gasteiger partial charge in [0.1, 0.15) is 0 Å². The number of aliphatic carboxylic acids is 1. The first-order chi connectivity index (χ1) is 5.56. The molecule has 0 radical (unpaired) electrons. The highest BCUT2D eigenvalue weighted by molar-refractivity contribution is 5.90. The molecule has 0 aromatic heterocycles. The van der Waals surface area contributed by atoms with E-state index in [-0.39, 0.29) is 6.10 Å². The average Bonchev–Trinajstić information content (AvgIpc) is 2.00. The van der Waals surface area contributed by atoms with Crippen molar-refractivity contribution in [3.63, 3.8) is 0 Å². The van der Waals surface area contributed by atoms with Crippen molar-refractivity contribution in [2.75, 3.05) is 0 Å². The number of ether oxygens (including phenoxy) is 1. The van der Waals surface area contributed by atoms with Crippen LogP contribution in [0.15, 0.2) is 12.2 Å². The van der Waals surface area contributed by atoms with Crippen molar-refractivity contribution in [2.24, 2.45) is 0 Å². The summed E-state index contributed by atoms with van der Waals surface area (Å²) < 4.78 is 4.76. The normalized spacial score (nSPS) is 12.8. The lowest BCUT2D eigenvalue weighted by atomic mass is 10.3. The van der Waals surface area contributed by atoms with Crippen LogP contribution in [0.4, 0.5) is 0 Å². The number of carbonyl (C=O) groups is 2. The Kier molecular flexibility index (Phi) is 4.76. The maximum Gasteiger partial charge on any atom is 0.331 e. The van der Waals surface area contributed by atoms with Crippen LogP contribution >= 0.6 is 0 Å². The van der Waals surface area contributed by atoms with Gasteiger partial charge in [-0.1, -0.05) is 6.92 Å². The smallest absolute Gasteiger partial charge is 0.331 e. The third-order valence-electron chi connectivity index (χ3n) is 1.25. The summed E-state index contributed by atoms with van der Waals surface area (Å²) in [6, 6.07) is 0. The molecule has 1 unspecified atom stereocenters. The average molecular weight is 172 g/mol. The number of carbonyl (C=O) groups excluding carboxylic acids is 1. The standard InChI is InChI=1S/C8H12O4/c1-3-6(2)12-8(11)5-4-7(9)10/h4-6H,3H2,1-2H3,(H,9,10). The first-order valence-electron chi connectivity index (χ1n) is 3.68. The van der Waals surface area contributed by atoms with Crippen molar-refractivity contribution in [3.05, 3.63) is 12.2 Å². The summed E-state index contributed by atoms with van der Waals surface area (Å²) >= 11 is 0. The molecule has 4 heteroatoms. The number of hydrogen-bond donors (Lipinski definition) is 1. The summed E-state index contributed by atoms with van der Waals surface area (Å²) in [4.78, 5) is 20.7. The maximum atomic E-state index is 10.7. The van der Waals surface area contributed by atoms with E-state index < -0.39 is 11.9 Å². The molecule has 68 valence electrons. The summed E-state index contributed by atoms with van der Waals surface area (Å²) in [5.74, 6) is -1.78. The molecule has 0 aliphatic carbocycles. The molecule has 4 nitrogen and oxygen atoms in total. The Morgan fingerprint density at radius 1 is 1.50 bits per heavy atom. The molecule has 1 N–H and O–H groups in total. The van der Waals surface area contributed by atoms with E-state index in [1.54, 1.807) is 6.92 Å². The zero-order valence-electron chi connectivity index (χ0n) is 7.11. The minimum Gasteiger partial charge on any atom is -0.478 e. The van der Waals surface area contributed by atoms with E-state index in [2.05, 4.69) is 0 Å². The minimum absolute atomic E-state index is 0.170. The quantitative estimate of drug-likeness (QED) is 0.507. The first-order valence-corrected chi connectivity index (χ1v) is 3.68. The van der Waals surface area contributed by atoms with Gasteiger partial charge in [-0.2, -0.15) is 0 Å². The molecule has 12 heavy (non-hydrogen) atoms. The van der Waals surface area contributed by atoms with Gasteiger partial charge < -0.3 is 9.84 Å². The molecule has 0 rings (SSSR count). The molecule has 0 heterocycles. The van der Waals surface area contributed by atoms with Gasteiger partial charge in [-0.15, -0.1) is 0 Å². The van der Waals surface area contributed by atoms with Crippen molar-refractivity contribution >= 4 is 11.9 Å². The van der Waals surface area contributed by atoms with Crippen LogP contribution in [0.1, 0.15) is 20.3 Å². The Balaban J connectivity index is 3.81. The second kappa shape index (κ2) is 5.35. The molecule has 0 aromatic carbocycles. The van der Waals surface area contributed by atoms with Gasteiger partial charge in [0.15, 0.2) is 0 Å². The first kappa shape index (κ1) is 10.7. The summed E-state index contributed by atoms with van der Waals surface area (Å²) in [6.45, 7) is 3.62. The van der Waals surface area contributed by atoms with Crippen LogP contribution in [-0.4, -0.2) is 23.1 Å². The zero-order chi connectivity index (χ0) is 9.56. The van der Waals surface area contributed by atoms with Gasteiger partial charge in [0, 0.05) is 12.2 Å². The predicted molar refractivity (Wildman–Crippen MR) is 42.6 cm³/mol. The lowest BCUT2D eigenvalue weighted by Gasteiger charge is -2.07. The maximum absolute atomic E-state index is 10.7. The molecule has 1 atom stereocenters. The molecule has 0 aliphatic rings. The second-order valence-electron chi connectivity index (χ2n) is 2.33. The van der Waals surface area contributed by atoms with Crippen molar-refractivity contribution < 1.29 is 19.4 Å². The lowest BCUT2D eigenvalue weighted by Crippen LogP contribution is -2.11. The van der Waals surface area contributed by atoms with Crippen LogP contribution in [-0.2, 0) is 14.3 Å². The highest BCUT2D eigenvalue weighted by atomic mass is 16.5. The van der Waals surface area contributed by atoms with Gasteiger partial charge in [0.2, 0.25) is 0 Å². The SMILES string of the molecule is CCC(C)OC(=O)C=CC(=O)O. The summed E-state index contributed by atoms with van der Waals surface area (Å²) in [7, 11) is 0. The van der Waals surface area contributed by atoms with Gasteiger partial charge in [-0.25, -0.2) is 9.59 Å². The predicted octanol–water partition coefficient (Wildman–Crippen LogP) is 0.969. The van der Waals surface area contributed by atoms with Crippen LogP contribution in [0.25, 0.3) is 0 Å². The molecule has 0 saturated carbocycles. The number of carboxylic acids is 1. The summed E-state index contributed by atoms with van der Waals surface area (Å²) in [6.07, 6.45) is 2.20. The number of carboxylic acid groups (broad SMARTS) is 1. The number of esters is 1. The highest BCUT2D eigenvalue weighted by Crippen LogP contribution is 1.96. The number of rotatable bonds is 4. The van der Waals surface area contributed by atoms with Gasteiger partial charge in [0.25, 0.3) is 0 Å². The molecule has 0 bridgehead atoms. The molecular weight excluding hydrogens is 160 g/mol. The fraction of sp³-hybridized carbons (Fsp3) is 0.500. The Hall–Kier alpha value is -1.32. The van der Waals surface area contributed by atoms with Crippen LogP contribution < -0.4 is 0 Å². The fourth-order valence-electron chi connectivity index (χ4n) is 0.460. The third kappa shape index (κ3) is 5.46. The molecule has 0 spiro atoms. The molecule has 0 aromatic rings. The molecule has 0 saturated heterocycles. The molecule has 0 fully saturated rings. The molecule has 0 aliphatic heterocycles. The van der Waals surface area contributed by atoms with Gasteiger partial charge in [-0.3, -0.25) is 0 Å². The number of hydrogen-bond acceptors (Lipinski definition) is 3. The Morgan fingerprint density at radius 2 is 2.08 bits per heavy atom. The van der Waals surface area contributed by atoms with E-state index in [0.29, 0.717) is 6.42 Å². The van der Waals surface area contributed by atoms with E-state index in [1.807, 2.05) is 6.92 Å². The molecular formula is C8H12O4. The Labute approximate surface area is 70.8 Å². The van der Waals surface area contributed by atoms with Crippen molar-refractivity contribution in [1.29, 1.82) is 0 Å². The van der Waals surface area contributed by atoms with Crippen molar-refractivity contribution in [2.45, 2.75) is 26.4 Å². The van der Waals surface area contributed by atoms with E-state index in [1.165, 1.54) is 0 Å². The third-order valence-corrected chi connectivity index (χ3v) is 1.25. The highest BCUT2D eigenvalue weighted by Gasteiger charge is 2.03. The van der Waals surface area contributed by atoms with Crippen LogP contribution in [0.5, 0.6) is 0 Å². The van der Waals surface area contributed by atoms with Gasteiger partial charge >= 0.3 is 11.9 Å². The Bertz CT molecular complexity index is 195. The van der Waals surface area contributed by atoms with E-state index >= 15 is 0 Å². The van der Waals surface area contributed by atoms with E-state index in [4.69, 9.17) is 9.84 Å². The largest absolute Gasteiger partial charge is 0.478 e. The second-order valence-corrected chi connectivity index (χ2v) is 2.33.